The van der Waals surface area contributed by atoms with Crippen molar-refractivity contribution in [1.82, 2.24) is 9.97 Å². The molecule has 0 fully saturated rings. The first-order chi connectivity index (χ1) is 8.32. The molecule has 0 saturated heterocycles. The van der Waals surface area contributed by atoms with Crippen LogP contribution in [0.25, 0.3) is 10.9 Å². The molecule has 0 saturated carbocycles. The smallest absolute Gasteiger partial charge is 0.475 e. The fraction of sp³-hybridized carbons (Fsp3) is 0.100. The number of nitrogens with two attached hydrogens (primary N) is 1. The van der Waals surface area contributed by atoms with Gasteiger partial charge in [-0.05, 0) is 12.1 Å². The number of carboxylic acid groups (broad SMARTS) is 1. The molecule has 0 spiro atoms. The summed E-state index contributed by atoms with van der Waals surface area (Å²) in [4.78, 5) is 16.8. The third-order valence-corrected chi connectivity index (χ3v) is 1.82. The minimum absolute atomic E-state index is 0.538. The van der Waals surface area contributed by atoms with Gasteiger partial charge in [0.05, 0.1) is 5.52 Å². The Labute approximate surface area is 99.1 Å². The first-order valence-corrected chi connectivity index (χ1v) is 4.57. The van der Waals surface area contributed by atoms with Gasteiger partial charge >= 0.3 is 12.1 Å². The molecule has 0 amide bonds. The zero-order chi connectivity index (χ0) is 13.8. The van der Waals surface area contributed by atoms with E-state index < -0.39 is 12.1 Å². The van der Waals surface area contributed by atoms with Gasteiger partial charge in [-0.25, -0.2) is 14.8 Å². The lowest BCUT2D eigenvalue weighted by molar-refractivity contribution is -0.192. The summed E-state index contributed by atoms with van der Waals surface area (Å²) in [6.45, 7) is 0. The van der Waals surface area contributed by atoms with Gasteiger partial charge in [0.2, 0.25) is 0 Å². The van der Waals surface area contributed by atoms with Crippen LogP contribution in [0.15, 0.2) is 30.6 Å². The molecular weight excluding hydrogens is 251 g/mol. The first kappa shape index (κ1) is 13.7. The molecular formula is C10H8F3N3O2. The first-order valence-electron chi connectivity index (χ1n) is 4.57. The van der Waals surface area contributed by atoms with Gasteiger partial charge in [0, 0.05) is 5.39 Å². The molecule has 0 aliphatic heterocycles. The van der Waals surface area contributed by atoms with Crippen molar-refractivity contribution in [3.63, 3.8) is 0 Å². The highest BCUT2D eigenvalue weighted by atomic mass is 19.4. The lowest BCUT2D eigenvalue weighted by Crippen LogP contribution is -2.21. The molecule has 0 aliphatic carbocycles. The van der Waals surface area contributed by atoms with E-state index in [0.29, 0.717) is 5.82 Å². The normalized spacial score (nSPS) is 10.6. The Morgan fingerprint density at radius 3 is 2.28 bits per heavy atom. The summed E-state index contributed by atoms with van der Waals surface area (Å²) in [7, 11) is 0. The molecule has 3 N–H and O–H groups in total. The number of benzene rings is 1. The maximum Gasteiger partial charge on any atom is 0.490 e. The van der Waals surface area contributed by atoms with E-state index in [0.717, 1.165) is 10.9 Å². The van der Waals surface area contributed by atoms with Crippen LogP contribution >= 0.6 is 0 Å². The number of carboxylic acids is 1. The molecule has 8 heteroatoms. The quantitative estimate of drug-likeness (QED) is 0.753. The summed E-state index contributed by atoms with van der Waals surface area (Å²) in [6, 6.07) is 7.66. The minimum Gasteiger partial charge on any atom is -0.475 e. The van der Waals surface area contributed by atoms with Crippen LogP contribution in [-0.2, 0) is 4.79 Å². The molecule has 1 aromatic heterocycles. The number of fused-ring (bicyclic) bond motifs is 1. The number of nitrogens with zero attached hydrogens (tertiary/aromatic N) is 2. The Balaban J connectivity index is 0.000000203. The summed E-state index contributed by atoms with van der Waals surface area (Å²) < 4.78 is 31.7. The van der Waals surface area contributed by atoms with Crippen molar-refractivity contribution >= 4 is 22.7 Å². The van der Waals surface area contributed by atoms with E-state index >= 15 is 0 Å². The average molecular weight is 259 g/mol. The van der Waals surface area contributed by atoms with E-state index in [2.05, 4.69) is 9.97 Å². The van der Waals surface area contributed by atoms with Crippen LogP contribution in [0.2, 0.25) is 0 Å². The van der Waals surface area contributed by atoms with E-state index in [1.54, 1.807) is 0 Å². The van der Waals surface area contributed by atoms with Crippen molar-refractivity contribution in [3.05, 3.63) is 30.6 Å². The molecule has 18 heavy (non-hydrogen) atoms. The molecule has 1 heterocycles. The Kier molecular flexibility index (Phi) is 4.03. The highest BCUT2D eigenvalue weighted by molar-refractivity contribution is 5.87. The van der Waals surface area contributed by atoms with Gasteiger partial charge in [0.15, 0.2) is 0 Å². The Morgan fingerprint density at radius 1 is 1.22 bits per heavy atom. The zero-order valence-electron chi connectivity index (χ0n) is 8.85. The van der Waals surface area contributed by atoms with E-state index in [-0.39, 0.29) is 0 Å². The molecule has 2 aromatic rings. The number of aromatic nitrogens is 2. The lowest BCUT2D eigenvalue weighted by Gasteiger charge is -1.96. The van der Waals surface area contributed by atoms with Crippen molar-refractivity contribution < 1.29 is 23.1 Å². The predicted octanol–water partition coefficient (Wildman–Crippen LogP) is 1.85. The second kappa shape index (κ2) is 5.30. The highest BCUT2D eigenvalue weighted by Crippen LogP contribution is 2.14. The Bertz CT molecular complexity index is 552. The van der Waals surface area contributed by atoms with E-state index in [4.69, 9.17) is 15.6 Å². The molecule has 0 unspecified atom stereocenters. The number of para-hydroxylation sites is 1. The molecule has 2 rings (SSSR count). The largest absolute Gasteiger partial charge is 0.490 e. The maximum absolute atomic E-state index is 10.6. The number of aliphatic carboxylic acids is 1. The highest BCUT2D eigenvalue weighted by Gasteiger charge is 2.38. The lowest BCUT2D eigenvalue weighted by atomic mass is 10.2. The molecule has 1 aromatic carbocycles. The third kappa shape index (κ3) is 3.58. The Morgan fingerprint density at radius 2 is 1.78 bits per heavy atom. The third-order valence-electron chi connectivity index (χ3n) is 1.82. The number of alkyl halides is 3. The van der Waals surface area contributed by atoms with E-state index in [1.165, 1.54) is 6.33 Å². The van der Waals surface area contributed by atoms with Crippen LogP contribution in [0.3, 0.4) is 0 Å². The predicted molar refractivity (Wildman–Crippen MR) is 57.6 cm³/mol. The molecule has 0 radical (unpaired) electrons. The van der Waals surface area contributed by atoms with Gasteiger partial charge in [0.25, 0.3) is 0 Å². The van der Waals surface area contributed by atoms with Gasteiger partial charge in [0.1, 0.15) is 12.1 Å². The fourth-order valence-electron chi connectivity index (χ4n) is 1.03. The number of hydrogen-bond donors (Lipinski definition) is 2. The fourth-order valence-corrected chi connectivity index (χ4v) is 1.03. The van der Waals surface area contributed by atoms with Gasteiger partial charge in [-0.2, -0.15) is 13.2 Å². The standard InChI is InChI=1S/C8H7N3.C2HF3O2/c9-8-6-3-1-2-4-7(6)10-5-11-8;3-2(4,5)1(6)7/h1-5H,(H2,9,10,11);(H,6,7). The summed E-state index contributed by atoms with van der Waals surface area (Å²) in [5.74, 6) is -2.22. The topological polar surface area (TPSA) is 89.1 Å². The van der Waals surface area contributed by atoms with Crippen LogP contribution in [0, 0.1) is 0 Å². The summed E-state index contributed by atoms with van der Waals surface area (Å²) in [5, 5.41) is 8.04. The molecule has 0 bridgehead atoms. The Hall–Kier alpha value is -2.38. The van der Waals surface area contributed by atoms with Crippen molar-refractivity contribution in [2.75, 3.05) is 5.73 Å². The van der Waals surface area contributed by atoms with E-state index in [9.17, 15) is 13.2 Å². The van der Waals surface area contributed by atoms with Crippen molar-refractivity contribution in [1.29, 1.82) is 0 Å². The second-order valence-corrected chi connectivity index (χ2v) is 3.08. The summed E-state index contributed by atoms with van der Waals surface area (Å²) in [5.41, 5.74) is 6.49. The van der Waals surface area contributed by atoms with E-state index in [1.807, 2.05) is 24.3 Å². The molecule has 96 valence electrons. The summed E-state index contributed by atoms with van der Waals surface area (Å²) in [6.07, 6.45) is -3.61. The van der Waals surface area contributed by atoms with Gasteiger partial charge in [-0.15, -0.1) is 0 Å². The molecule has 5 nitrogen and oxygen atoms in total. The zero-order valence-corrected chi connectivity index (χ0v) is 8.85. The minimum atomic E-state index is -5.08. The van der Waals surface area contributed by atoms with Gasteiger partial charge < -0.3 is 10.8 Å². The van der Waals surface area contributed by atoms with Gasteiger partial charge in [-0.1, -0.05) is 12.1 Å². The van der Waals surface area contributed by atoms with Crippen molar-refractivity contribution in [3.8, 4) is 0 Å². The number of carbonyl (C=O) groups is 1. The number of nitrogen functional groups attached to an aromatic ring is 1. The van der Waals surface area contributed by atoms with Crippen LogP contribution in [0.4, 0.5) is 19.0 Å². The molecule has 0 aliphatic rings. The van der Waals surface area contributed by atoms with Crippen LogP contribution in [0.1, 0.15) is 0 Å². The molecule has 0 atom stereocenters. The SMILES string of the molecule is Nc1ncnc2ccccc12.O=C(O)C(F)(F)F. The number of halogens is 3. The van der Waals surface area contributed by atoms with Crippen molar-refractivity contribution in [2.24, 2.45) is 0 Å². The van der Waals surface area contributed by atoms with Crippen molar-refractivity contribution in [2.45, 2.75) is 6.18 Å². The maximum atomic E-state index is 10.6. The number of anilines is 1. The van der Waals surface area contributed by atoms with Gasteiger partial charge in [-0.3, -0.25) is 0 Å². The number of rotatable bonds is 0. The van der Waals surface area contributed by atoms with Crippen LogP contribution in [-0.4, -0.2) is 27.2 Å². The average Bonchev–Trinajstić information content (AvgIpc) is 2.29. The number of hydrogen-bond acceptors (Lipinski definition) is 4. The summed E-state index contributed by atoms with van der Waals surface area (Å²) >= 11 is 0. The second-order valence-electron chi connectivity index (χ2n) is 3.08. The monoisotopic (exact) mass is 259 g/mol. The van der Waals surface area contributed by atoms with Crippen LogP contribution < -0.4 is 5.73 Å². The van der Waals surface area contributed by atoms with Crippen LogP contribution in [0.5, 0.6) is 0 Å².